The zero-order valence-electron chi connectivity index (χ0n) is 40.6. The summed E-state index contributed by atoms with van der Waals surface area (Å²) in [5.74, 6) is -1.96. The van der Waals surface area contributed by atoms with Gasteiger partial charge in [0.05, 0.1) is 30.7 Å². The van der Waals surface area contributed by atoms with E-state index in [1.54, 1.807) is 48.5 Å². The minimum absolute atomic E-state index is 0.0196. The lowest BCUT2D eigenvalue weighted by atomic mass is 9.75. The molecule has 10 rings (SSSR count). The quantitative estimate of drug-likeness (QED) is 0.0587. The predicted molar refractivity (Wildman–Crippen MR) is 284 cm³/mol. The van der Waals surface area contributed by atoms with E-state index in [9.17, 15) is 20.2 Å². The third kappa shape index (κ3) is 10.4. The van der Waals surface area contributed by atoms with E-state index in [1.807, 2.05) is 36.4 Å². The highest BCUT2D eigenvalue weighted by Crippen LogP contribution is 2.45. The Kier molecular flexibility index (Phi) is 14.4. The maximum absolute atomic E-state index is 15.6. The first-order valence-corrected chi connectivity index (χ1v) is 27.9. The number of benzene rings is 6. The van der Waals surface area contributed by atoms with Crippen molar-refractivity contribution in [2.75, 3.05) is 26.2 Å². The fourth-order valence-electron chi connectivity index (χ4n) is 11.4. The molecule has 74 heavy (non-hydrogen) atoms. The fraction of sp³-hybridized carbons (Fsp3) is 0.281. The van der Waals surface area contributed by atoms with Gasteiger partial charge in [-0.05, 0) is 123 Å². The first-order chi connectivity index (χ1) is 35.7. The van der Waals surface area contributed by atoms with Gasteiger partial charge in [-0.3, -0.25) is 34.8 Å². The molecule has 4 heterocycles. The molecule has 6 aromatic carbocycles. The molecule has 0 aliphatic carbocycles. The van der Waals surface area contributed by atoms with Gasteiger partial charge in [0.2, 0.25) is 0 Å². The molecule has 0 radical (unpaired) electrons. The van der Waals surface area contributed by atoms with Crippen molar-refractivity contribution >= 4 is 59.0 Å². The van der Waals surface area contributed by atoms with Gasteiger partial charge in [-0.2, -0.15) is 0 Å². The zero-order valence-corrected chi connectivity index (χ0v) is 42.3. The van der Waals surface area contributed by atoms with Crippen molar-refractivity contribution < 1.29 is 31.5 Å². The fourth-order valence-corrected chi connectivity index (χ4v) is 14.6. The summed E-state index contributed by atoms with van der Waals surface area (Å²) in [5.41, 5.74) is 3.10. The Balaban J connectivity index is 1.08. The smallest absolute Gasteiger partial charge is 0.270 e. The van der Waals surface area contributed by atoms with Gasteiger partial charge < -0.3 is 0 Å². The van der Waals surface area contributed by atoms with Gasteiger partial charge in [0.1, 0.15) is 5.78 Å². The van der Waals surface area contributed by atoms with E-state index in [0.29, 0.717) is 74.0 Å². The maximum atomic E-state index is 15.6. The standard InChI is InChI=1S/C57H56N6O9S2/c64-49(37-52(43-25-29-58(30-26-43)39-41-13-5-1-6-14-41)56-35-45-33-47(62(65)66)21-23-54(45)60(56)73(69,70)50-17-9-3-10-18-50)38-53(44-27-31-59(32-28-44)40-42-15-7-2-8-16-42)57-36-46-34-48(63(67)68)22-24-55(46)61(57)74(71,72)51-19-11-4-12-20-51/h1-24,33-36,43-44,52-53H,25-32,37-40H2. The maximum Gasteiger partial charge on any atom is 0.270 e. The average molecular weight is 1030 g/mol. The number of fused-ring (bicyclic) bond motifs is 2. The van der Waals surface area contributed by atoms with Crippen LogP contribution < -0.4 is 0 Å². The highest BCUT2D eigenvalue weighted by atomic mass is 32.2. The van der Waals surface area contributed by atoms with Crippen molar-refractivity contribution in [2.24, 2.45) is 11.8 Å². The second-order valence-corrected chi connectivity index (χ2v) is 23.2. The van der Waals surface area contributed by atoms with Crippen LogP contribution in [-0.2, 0) is 37.9 Å². The van der Waals surface area contributed by atoms with Gasteiger partial charge in [-0.15, -0.1) is 0 Å². The van der Waals surface area contributed by atoms with Crippen molar-refractivity contribution in [1.82, 2.24) is 17.7 Å². The van der Waals surface area contributed by atoms with Crippen LogP contribution in [0.25, 0.3) is 21.8 Å². The molecule has 15 nitrogen and oxygen atoms in total. The molecule has 2 saturated heterocycles. The lowest BCUT2D eigenvalue weighted by Gasteiger charge is -2.38. The van der Waals surface area contributed by atoms with E-state index in [2.05, 4.69) is 34.1 Å². The van der Waals surface area contributed by atoms with E-state index in [0.717, 1.165) is 24.2 Å². The molecule has 2 aromatic heterocycles. The minimum Gasteiger partial charge on any atom is -0.300 e. The van der Waals surface area contributed by atoms with Crippen LogP contribution >= 0.6 is 0 Å². The van der Waals surface area contributed by atoms with Crippen LogP contribution in [0.2, 0.25) is 0 Å². The van der Waals surface area contributed by atoms with Crippen LogP contribution in [0, 0.1) is 32.1 Å². The SMILES string of the molecule is O=C(CC(c1cc2cc([N+](=O)[O-])ccc2n1S(=O)(=O)c1ccccc1)C1CCN(Cc2ccccc2)CC1)CC(c1cc2cc([N+](=O)[O-])ccc2n1S(=O)(=O)c1ccccc1)C1CCN(Cc2ccccc2)CC1. The number of ketones is 1. The third-order valence-electron chi connectivity index (χ3n) is 15.1. The summed E-state index contributed by atoms with van der Waals surface area (Å²) < 4.78 is 62.6. The van der Waals surface area contributed by atoms with E-state index < -0.39 is 41.7 Å². The molecule has 0 bridgehead atoms. The molecule has 2 atom stereocenters. The molecule has 0 N–H and O–H groups in total. The monoisotopic (exact) mass is 1030 g/mol. The van der Waals surface area contributed by atoms with E-state index in [4.69, 9.17) is 0 Å². The Morgan fingerprint density at radius 3 is 1.16 bits per heavy atom. The number of carbonyl (C=O) groups excluding carboxylic acids is 1. The van der Waals surface area contributed by atoms with E-state index in [-0.39, 0.29) is 62.7 Å². The number of Topliss-reactive ketones (excluding diaryl/α,β-unsaturated/α-hetero) is 1. The molecular weight excluding hydrogens is 977 g/mol. The first-order valence-electron chi connectivity index (χ1n) is 25.0. The Labute approximate surface area is 430 Å². The van der Waals surface area contributed by atoms with Gasteiger partial charge in [0.25, 0.3) is 31.4 Å². The molecular formula is C57H56N6O9S2. The summed E-state index contributed by atoms with van der Waals surface area (Å²) in [6, 6.07) is 47.9. The summed E-state index contributed by atoms with van der Waals surface area (Å²) in [7, 11) is -8.68. The molecule has 8 aromatic rings. The summed E-state index contributed by atoms with van der Waals surface area (Å²) in [6.07, 6.45) is 2.30. The van der Waals surface area contributed by atoms with Gasteiger partial charge in [0, 0.05) is 84.2 Å². The number of nitro groups is 2. The van der Waals surface area contributed by atoms with Gasteiger partial charge in [-0.1, -0.05) is 97.1 Å². The number of nitro benzene ring substituents is 2. The number of nitrogens with zero attached hydrogens (tertiary/aromatic N) is 6. The number of rotatable bonds is 18. The molecule has 2 unspecified atom stereocenters. The van der Waals surface area contributed by atoms with E-state index >= 15 is 21.6 Å². The number of non-ortho nitro benzene ring substituents is 2. The van der Waals surface area contributed by atoms with Gasteiger partial charge in [0.15, 0.2) is 0 Å². The largest absolute Gasteiger partial charge is 0.300 e. The predicted octanol–water partition coefficient (Wildman–Crippen LogP) is 10.9. The number of piperidine rings is 2. The number of carbonyl (C=O) groups is 1. The Morgan fingerprint density at radius 2 is 0.824 bits per heavy atom. The number of hydrogen-bond donors (Lipinski definition) is 0. The molecule has 0 spiro atoms. The highest BCUT2D eigenvalue weighted by Gasteiger charge is 2.39. The lowest BCUT2D eigenvalue weighted by molar-refractivity contribution is -0.384. The summed E-state index contributed by atoms with van der Waals surface area (Å²) in [5, 5.41) is 24.9. The van der Waals surface area contributed by atoms with Crippen molar-refractivity contribution in [3.63, 3.8) is 0 Å². The highest BCUT2D eigenvalue weighted by molar-refractivity contribution is 7.90. The number of hydrogen-bond acceptors (Lipinski definition) is 11. The number of aromatic nitrogens is 2. The molecule has 2 fully saturated rings. The first kappa shape index (κ1) is 50.2. The number of likely N-dealkylation sites (tertiary alicyclic amines) is 2. The molecule has 2 aliphatic rings. The molecule has 17 heteroatoms. The third-order valence-corrected chi connectivity index (χ3v) is 18.6. The van der Waals surface area contributed by atoms with Crippen LogP contribution in [0.4, 0.5) is 11.4 Å². The van der Waals surface area contributed by atoms with Gasteiger partial charge >= 0.3 is 0 Å². The Hall–Kier alpha value is -7.31. The van der Waals surface area contributed by atoms with Crippen LogP contribution in [0.3, 0.4) is 0 Å². The summed E-state index contributed by atoms with van der Waals surface area (Å²) in [4.78, 5) is 43.5. The summed E-state index contributed by atoms with van der Waals surface area (Å²) >= 11 is 0. The van der Waals surface area contributed by atoms with Crippen LogP contribution in [-0.4, -0.2) is 76.4 Å². The van der Waals surface area contributed by atoms with Crippen LogP contribution in [0.5, 0.6) is 0 Å². The Bertz CT molecular complexity index is 3320. The van der Waals surface area contributed by atoms with Crippen molar-refractivity contribution in [2.45, 2.75) is 73.2 Å². The van der Waals surface area contributed by atoms with Crippen molar-refractivity contribution in [3.05, 3.63) is 213 Å². The normalized spacial score (nSPS) is 16.3. The topological polar surface area (TPSA) is 188 Å². The average Bonchev–Trinajstić information content (AvgIpc) is 4.01. The second-order valence-electron chi connectivity index (χ2n) is 19.7. The zero-order chi connectivity index (χ0) is 51.6. The molecule has 0 amide bonds. The molecule has 0 saturated carbocycles. The minimum atomic E-state index is -4.34. The Morgan fingerprint density at radius 1 is 0.486 bits per heavy atom. The van der Waals surface area contributed by atoms with Crippen LogP contribution in [0.15, 0.2) is 180 Å². The summed E-state index contributed by atoms with van der Waals surface area (Å²) in [6.45, 7) is 4.14. The van der Waals surface area contributed by atoms with Crippen molar-refractivity contribution in [3.8, 4) is 0 Å². The van der Waals surface area contributed by atoms with Gasteiger partial charge in [-0.25, -0.2) is 24.8 Å². The molecule has 2 aliphatic heterocycles. The lowest BCUT2D eigenvalue weighted by Crippen LogP contribution is -2.37. The van der Waals surface area contributed by atoms with Crippen molar-refractivity contribution in [1.29, 1.82) is 0 Å². The van der Waals surface area contributed by atoms with E-state index in [1.165, 1.54) is 68.6 Å². The van der Waals surface area contributed by atoms with Crippen LogP contribution in [0.1, 0.15) is 72.9 Å². The second kappa shape index (κ2) is 21.3. The molecule has 380 valence electrons.